The van der Waals surface area contributed by atoms with Gasteiger partial charge >= 0.3 is 0 Å². The Morgan fingerprint density at radius 1 is 0.926 bits per heavy atom. The summed E-state index contributed by atoms with van der Waals surface area (Å²) in [5.74, 6) is 0.765. The molecular formula is C20H11N5OS. The van der Waals surface area contributed by atoms with Crippen molar-refractivity contribution in [2.24, 2.45) is 0 Å². The molecule has 1 N–H and O–H groups in total. The molecule has 0 spiro atoms. The Bertz CT molecular complexity index is 1410. The van der Waals surface area contributed by atoms with Gasteiger partial charge in [-0.15, -0.1) is 11.3 Å². The van der Waals surface area contributed by atoms with Crippen molar-refractivity contribution < 1.29 is 4.42 Å². The summed E-state index contributed by atoms with van der Waals surface area (Å²) in [5, 5.41) is 10.1. The Balaban J connectivity index is 1.46. The largest absolute Gasteiger partial charge is 0.438 e. The monoisotopic (exact) mass is 369 g/mol. The lowest BCUT2D eigenvalue weighted by Crippen LogP contribution is -1.77. The van der Waals surface area contributed by atoms with Crippen LogP contribution in [0.1, 0.15) is 0 Å². The van der Waals surface area contributed by atoms with Crippen molar-refractivity contribution in [3.63, 3.8) is 0 Å². The van der Waals surface area contributed by atoms with E-state index >= 15 is 0 Å². The van der Waals surface area contributed by atoms with Crippen molar-refractivity contribution in [1.82, 2.24) is 25.1 Å². The fourth-order valence-corrected chi connectivity index (χ4v) is 4.15. The van der Waals surface area contributed by atoms with E-state index in [4.69, 9.17) is 9.40 Å². The minimum Gasteiger partial charge on any atom is -0.438 e. The van der Waals surface area contributed by atoms with E-state index in [-0.39, 0.29) is 0 Å². The summed E-state index contributed by atoms with van der Waals surface area (Å²) in [6.45, 7) is 0. The zero-order valence-electron chi connectivity index (χ0n) is 13.9. The highest BCUT2D eigenvalue weighted by Crippen LogP contribution is 2.34. The molecule has 0 saturated heterocycles. The Kier molecular flexibility index (Phi) is 2.95. The first-order chi connectivity index (χ1) is 13.3. The van der Waals surface area contributed by atoms with Crippen molar-refractivity contribution in [2.75, 3.05) is 0 Å². The Morgan fingerprint density at radius 3 is 2.85 bits per heavy atom. The number of thiazole rings is 1. The molecule has 0 atom stereocenters. The molecule has 0 aliphatic rings. The Morgan fingerprint density at radius 2 is 1.89 bits per heavy atom. The smallest absolute Gasteiger partial charge is 0.229 e. The lowest BCUT2D eigenvalue weighted by molar-refractivity contribution is 0.617. The number of hydrogen-bond acceptors (Lipinski definition) is 6. The number of rotatable bonds is 2. The van der Waals surface area contributed by atoms with Gasteiger partial charge in [-0.1, -0.05) is 12.1 Å². The number of H-pyrrole nitrogens is 1. The van der Waals surface area contributed by atoms with Crippen LogP contribution < -0.4 is 0 Å². The van der Waals surface area contributed by atoms with Crippen molar-refractivity contribution in [2.45, 2.75) is 0 Å². The fraction of sp³-hybridized carbons (Fsp3) is 0. The highest BCUT2D eigenvalue weighted by molar-refractivity contribution is 7.21. The van der Waals surface area contributed by atoms with Crippen LogP contribution in [0.15, 0.2) is 65.6 Å². The summed E-state index contributed by atoms with van der Waals surface area (Å²) in [7, 11) is 0. The first-order valence-electron chi connectivity index (χ1n) is 8.37. The molecule has 0 fully saturated rings. The lowest BCUT2D eigenvalue weighted by atomic mass is 10.1. The molecule has 4 aromatic heterocycles. The summed E-state index contributed by atoms with van der Waals surface area (Å²) >= 11 is 1.67. The second kappa shape index (κ2) is 5.46. The number of nitrogens with one attached hydrogen (secondary N) is 1. The van der Waals surface area contributed by atoms with Gasteiger partial charge in [0.05, 0.1) is 27.3 Å². The molecule has 2 aromatic carbocycles. The van der Waals surface area contributed by atoms with E-state index in [1.807, 2.05) is 18.3 Å². The van der Waals surface area contributed by atoms with Crippen LogP contribution in [-0.2, 0) is 0 Å². The van der Waals surface area contributed by atoms with E-state index < -0.39 is 0 Å². The van der Waals surface area contributed by atoms with Crippen LogP contribution in [0, 0.1) is 0 Å². The predicted octanol–water partition coefficient (Wildman–Crippen LogP) is 5.04. The van der Waals surface area contributed by atoms with Gasteiger partial charge < -0.3 is 4.42 Å². The number of aromatic nitrogens is 5. The molecule has 0 aliphatic carbocycles. The van der Waals surface area contributed by atoms with Crippen LogP contribution in [-0.4, -0.2) is 25.1 Å². The van der Waals surface area contributed by atoms with Crippen LogP contribution in [0.4, 0.5) is 0 Å². The van der Waals surface area contributed by atoms with E-state index in [9.17, 15) is 0 Å². The molecular weight excluding hydrogens is 358 g/mol. The van der Waals surface area contributed by atoms with E-state index in [1.54, 1.807) is 17.5 Å². The zero-order chi connectivity index (χ0) is 17.8. The molecule has 6 aromatic rings. The van der Waals surface area contributed by atoms with Gasteiger partial charge in [0.25, 0.3) is 0 Å². The van der Waals surface area contributed by atoms with Crippen LogP contribution in [0.25, 0.3) is 54.1 Å². The quantitative estimate of drug-likeness (QED) is 0.462. The van der Waals surface area contributed by atoms with Gasteiger partial charge in [0, 0.05) is 22.7 Å². The molecule has 128 valence electrons. The molecule has 0 bridgehead atoms. The van der Waals surface area contributed by atoms with Crippen LogP contribution >= 0.6 is 11.3 Å². The molecule has 6 rings (SSSR count). The van der Waals surface area contributed by atoms with Gasteiger partial charge in [-0.05, 0) is 30.3 Å². The van der Waals surface area contributed by atoms with E-state index in [0.717, 1.165) is 48.4 Å². The van der Waals surface area contributed by atoms with Gasteiger partial charge in [0.1, 0.15) is 17.1 Å². The van der Waals surface area contributed by atoms with Gasteiger partial charge in [-0.25, -0.2) is 15.0 Å². The number of furan rings is 1. The topological polar surface area (TPSA) is 80.5 Å². The second-order valence-electron chi connectivity index (χ2n) is 6.27. The molecule has 27 heavy (non-hydrogen) atoms. The Labute approximate surface area is 156 Å². The maximum Gasteiger partial charge on any atom is 0.229 e. The van der Waals surface area contributed by atoms with Crippen LogP contribution in [0.2, 0.25) is 0 Å². The maximum atomic E-state index is 5.85. The highest BCUT2D eigenvalue weighted by Gasteiger charge is 2.11. The van der Waals surface area contributed by atoms with Gasteiger partial charge in [0.15, 0.2) is 0 Å². The fourth-order valence-electron chi connectivity index (χ4n) is 3.20. The molecule has 0 aliphatic heterocycles. The zero-order valence-corrected chi connectivity index (χ0v) is 14.7. The third-order valence-electron chi connectivity index (χ3n) is 4.56. The van der Waals surface area contributed by atoms with Crippen molar-refractivity contribution in [1.29, 1.82) is 0 Å². The number of hydrogen-bond donors (Lipinski definition) is 1. The standard InChI is InChI=1S/C20H11N5OS/c1-2-13-9-23-25-15(13)6-12(1)20-24-16-5-11(3-4-18(16)27-20)17-7-14-8-21-10-22-19(14)26-17/h1-10H,(H,23,25). The average molecular weight is 369 g/mol. The maximum absolute atomic E-state index is 5.85. The lowest BCUT2D eigenvalue weighted by Gasteiger charge is -1.96. The third kappa shape index (κ3) is 2.32. The first kappa shape index (κ1) is 14.6. The predicted molar refractivity (Wildman–Crippen MR) is 106 cm³/mol. The van der Waals surface area contributed by atoms with Gasteiger partial charge in [-0.3, -0.25) is 5.10 Å². The van der Waals surface area contributed by atoms with Crippen molar-refractivity contribution in [3.05, 3.63) is 61.2 Å². The SMILES string of the molecule is c1ncc2cc(-c3ccc4sc(-c5ccc6cn[nH]c6c5)nc4c3)oc2n1. The molecule has 0 radical (unpaired) electrons. The number of benzene rings is 2. The molecule has 0 unspecified atom stereocenters. The highest BCUT2D eigenvalue weighted by atomic mass is 32.1. The summed E-state index contributed by atoms with van der Waals surface area (Å²) < 4.78 is 6.98. The van der Waals surface area contributed by atoms with Crippen molar-refractivity contribution in [3.8, 4) is 21.9 Å². The summed E-state index contributed by atoms with van der Waals surface area (Å²) in [4.78, 5) is 13.0. The summed E-state index contributed by atoms with van der Waals surface area (Å²) in [5.41, 5.74) is 4.60. The van der Waals surface area contributed by atoms with E-state index in [0.29, 0.717) is 5.71 Å². The first-order valence-corrected chi connectivity index (χ1v) is 9.19. The second-order valence-corrected chi connectivity index (χ2v) is 7.30. The Hall–Kier alpha value is -3.58. The minimum absolute atomic E-state index is 0.590. The van der Waals surface area contributed by atoms with Gasteiger partial charge in [-0.2, -0.15) is 5.10 Å². The van der Waals surface area contributed by atoms with Crippen LogP contribution in [0.5, 0.6) is 0 Å². The average Bonchev–Trinajstić information content (AvgIpc) is 3.42. The van der Waals surface area contributed by atoms with Gasteiger partial charge in [0.2, 0.25) is 5.71 Å². The third-order valence-corrected chi connectivity index (χ3v) is 5.64. The molecule has 7 heteroatoms. The van der Waals surface area contributed by atoms with E-state index in [1.165, 1.54) is 6.33 Å². The van der Waals surface area contributed by atoms with Crippen LogP contribution in [0.3, 0.4) is 0 Å². The summed E-state index contributed by atoms with van der Waals surface area (Å²) in [6, 6.07) is 14.4. The number of aromatic amines is 1. The molecule has 6 nitrogen and oxygen atoms in total. The number of fused-ring (bicyclic) bond motifs is 3. The molecule has 0 amide bonds. The molecule has 4 heterocycles. The molecule has 0 saturated carbocycles. The van der Waals surface area contributed by atoms with Crippen molar-refractivity contribution >= 4 is 43.6 Å². The normalized spacial score (nSPS) is 11.7. The minimum atomic E-state index is 0.590. The summed E-state index contributed by atoms with van der Waals surface area (Å²) in [6.07, 6.45) is 5.06. The van der Waals surface area contributed by atoms with E-state index in [2.05, 4.69) is 50.5 Å². The number of nitrogens with zero attached hydrogens (tertiary/aromatic N) is 4.